The van der Waals surface area contributed by atoms with E-state index in [1.54, 1.807) is 18.5 Å². The van der Waals surface area contributed by atoms with Gasteiger partial charge in [0.1, 0.15) is 5.82 Å². The van der Waals surface area contributed by atoms with Gasteiger partial charge in [0.25, 0.3) is 0 Å². The fourth-order valence-electron chi connectivity index (χ4n) is 1.64. The van der Waals surface area contributed by atoms with Gasteiger partial charge >= 0.3 is 0 Å². The highest BCUT2D eigenvalue weighted by Crippen LogP contribution is 2.24. The predicted octanol–water partition coefficient (Wildman–Crippen LogP) is 3.65. The first kappa shape index (κ1) is 14.5. The monoisotopic (exact) mass is 290 g/mol. The largest absolute Gasteiger partial charge is 0.325 e. The van der Waals surface area contributed by atoms with Crippen LogP contribution in [0.2, 0.25) is 0 Å². The summed E-state index contributed by atoms with van der Waals surface area (Å²) in [5.41, 5.74) is 1.35. The number of halogens is 1. The van der Waals surface area contributed by atoms with E-state index in [4.69, 9.17) is 0 Å². The molecule has 0 radical (unpaired) electrons. The Morgan fingerprint density at radius 1 is 1.30 bits per heavy atom. The molecule has 5 heteroatoms. The first-order valence-corrected chi connectivity index (χ1v) is 7.08. The summed E-state index contributed by atoms with van der Waals surface area (Å²) in [7, 11) is 0. The van der Waals surface area contributed by atoms with E-state index in [0.29, 0.717) is 5.69 Å². The Labute approximate surface area is 121 Å². The number of nitrogens with one attached hydrogen (secondary N) is 1. The standard InChI is InChI=1S/C15H15FN2OS/c1-10-3-4-12(16)9-14(10)18-15(19)11(2)20-13-5-7-17-8-6-13/h3-9,11H,1-2H3,(H,18,19)/t11-/m0/s1. The summed E-state index contributed by atoms with van der Waals surface area (Å²) in [6.45, 7) is 3.64. The zero-order chi connectivity index (χ0) is 14.5. The Kier molecular flexibility index (Phi) is 4.74. The van der Waals surface area contributed by atoms with E-state index in [9.17, 15) is 9.18 Å². The molecule has 0 bridgehead atoms. The van der Waals surface area contributed by atoms with E-state index in [1.807, 2.05) is 26.0 Å². The van der Waals surface area contributed by atoms with Gasteiger partial charge in [0.2, 0.25) is 5.91 Å². The molecule has 1 amide bonds. The first-order chi connectivity index (χ1) is 9.56. The molecule has 0 aliphatic heterocycles. The maximum Gasteiger partial charge on any atom is 0.237 e. The zero-order valence-electron chi connectivity index (χ0n) is 11.3. The lowest BCUT2D eigenvalue weighted by molar-refractivity contribution is -0.115. The van der Waals surface area contributed by atoms with E-state index in [-0.39, 0.29) is 17.0 Å². The average Bonchev–Trinajstić information content (AvgIpc) is 2.44. The Morgan fingerprint density at radius 2 is 2.00 bits per heavy atom. The van der Waals surface area contributed by atoms with Gasteiger partial charge in [0.05, 0.1) is 5.25 Å². The first-order valence-electron chi connectivity index (χ1n) is 6.20. The number of carbonyl (C=O) groups excluding carboxylic acids is 1. The summed E-state index contributed by atoms with van der Waals surface area (Å²) in [5.74, 6) is -0.513. The van der Waals surface area contributed by atoms with Crippen molar-refractivity contribution in [2.75, 3.05) is 5.32 Å². The number of amides is 1. The molecule has 2 aromatic rings. The van der Waals surface area contributed by atoms with Gasteiger partial charge in [-0.25, -0.2) is 4.39 Å². The van der Waals surface area contributed by atoms with Crippen LogP contribution in [0.4, 0.5) is 10.1 Å². The topological polar surface area (TPSA) is 42.0 Å². The zero-order valence-corrected chi connectivity index (χ0v) is 12.1. The number of aryl methyl sites for hydroxylation is 1. The number of rotatable bonds is 4. The number of anilines is 1. The molecule has 1 aromatic heterocycles. The van der Waals surface area contributed by atoms with Gasteiger partial charge in [-0.2, -0.15) is 0 Å². The number of hydrogen-bond donors (Lipinski definition) is 1. The minimum Gasteiger partial charge on any atom is -0.325 e. The van der Waals surface area contributed by atoms with Gasteiger partial charge in [-0.3, -0.25) is 9.78 Å². The normalized spacial score (nSPS) is 11.9. The molecule has 3 nitrogen and oxygen atoms in total. The smallest absolute Gasteiger partial charge is 0.237 e. The average molecular weight is 290 g/mol. The van der Waals surface area contributed by atoms with Crippen molar-refractivity contribution in [3.8, 4) is 0 Å². The number of pyridine rings is 1. The summed E-state index contributed by atoms with van der Waals surface area (Å²) in [5, 5.41) is 2.48. The Bertz CT molecular complexity index is 604. The maximum absolute atomic E-state index is 13.2. The quantitative estimate of drug-likeness (QED) is 0.874. The molecular weight excluding hydrogens is 275 g/mol. The molecule has 0 fully saturated rings. The van der Waals surface area contributed by atoms with Crippen LogP contribution >= 0.6 is 11.8 Å². The molecule has 20 heavy (non-hydrogen) atoms. The summed E-state index contributed by atoms with van der Waals surface area (Å²) < 4.78 is 13.2. The highest BCUT2D eigenvalue weighted by molar-refractivity contribution is 8.00. The van der Waals surface area contributed by atoms with Crippen LogP contribution in [0.1, 0.15) is 12.5 Å². The predicted molar refractivity (Wildman–Crippen MR) is 79.3 cm³/mol. The summed E-state index contributed by atoms with van der Waals surface area (Å²) in [4.78, 5) is 17.0. The molecule has 1 heterocycles. The third-order valence-corrected chi connectivity index (χ3v) is 3.90. The van der Waals surface area contributed by atoms with Crippen LogP contribution in [0.25, 0.3) is 0 Å². The molecule has 2 rings (SSSR count). The molecule has 104 valence electrons. The number of carbonyl (C=O) groups is 1. The van der Waals surface area contributed by atoms with Crippen LogP contribution in [0.3, 0.4) is 0 Å². The number of aromatic nitrogens is 1. The molecule has 1 N–H and O–H groups in total. The van der Waals surface area contributed by atoms with Crippen molar-refractivity contribution < 1.29 is 9.18 Å². The highest BCUT2D eigenvalue weighted by atomic mass is 32.2. The molecule has 0 aliphatic rings. The number of hydrogen-bond acceptors (Lipinski definition) is 3. The fourth-order valence-corrected chi connectivity index (χ4v) is 2.49. The highest BCUT2D eigenvalue weighted by Gasteiger charge is 2.15. The Hall–Kier alpha value is -1.88. The van der Waals surface area contributed by atoms with Crippen molar-refractivity contribution in [2.45, 2.75) is 24.0 Å². The second-order valence-electron chi connectivity index (χ2n) is 4.39. The molecule has 0 saturated carbocycles. The van der Waals surface area contributed by atoms with E-state index >= 15 is 0 Å². The van der Waals surface area contributed by atoms with Gasteiger partial charge < -0.3 is 5.32 Å². The SMILES string of the molecule is Cc1ccc(F)cc1NC(=O)[C@H](C)Sc1ccncc1. The number of thioether (sulfide) groups is 1. The Balaban J connectivity index is 2.02. The second kappa shape index (κ2) is 6.52. The number of benzene rings is 1. The second-order valence-corrected chi connectivity index (χ2v) is 5.81. The molecular formula is C15H15FN2OS. The molecule has 0 aliphatic carbocycles. The molecule has 0 spiro atoms. The molecule has 0 unspecified atom stereocenters. The molecule has 1 atom stereocenters. The van der Waals surface area contributed by atoms with Crippen LogP contribution in [0.5, 0.6) is 0 Å². The minimum absolute atomic E-state index is 0.152. The van der Waals surface area contributed by atoms with Crippen LogP contribution < -0.4 is 5.32 Å². The number of nitrogens with zero attached hydrogens (tertiary/aromatic N) is 1. The third kappa shape index (κ3) is 3.81. The van der Waals surface area contributed by atoms with Gasteiger partial charge in [-0.1, -0.05) is 6.07 Å². The fraction of sp³-hybridized carbons (Fsp3) is 0.200. The van der Waals surface area contributed by atoms with Gasteiger partial charge in [-0.05, 0) is 43.7 Å². The van der Waals surface area contributed by atoms with Crippen molar-refractivity contribution in [3.63, 3.8) is 0 Å². The van der Waals surface area contributed by atoms with Crippen LogP contribution in [-0.4, -0.2) is 16.1 Å². The minimum atomic E-state index is -0.361. The Morgan fingerprint density at radius 3 is 2.70 bits per heavy atom. The lowest BCUT2D eigenvalue weighted by Crippen LogP contribution is -2.22. The van der Waals surface area contributed by atoms with E-state index in [1.165, 1.54) is 23.9 Å². The van der Waals surface area contributed by atoms with Gasteiger partial charge in [0.15, 0.2) is 0 Å². The molecule has 0 saturated heterocycles. The van der Waals surface area contributed by atoms with Gasteiger partial charge in [0, 0.05) is 23.0 Å². The lowest BCUT2D eigenvalue weighted by atomic mass is 10.2. The van der Waals surface area contributed by atoms with Crippen LogP contribution in [0, 0.1) is 12.7 Å². The third-order valence-electron chi connectivity index (χ3n) is 2.79. The van der Waals surface area contributed by atoms with Crippen LogP contribution in [0.15, 0.2) is 47.6 Å². The molecule has 1 aromatic carbocycles. The van der Waals surface area contributed by atoms with E-state index in [2.05, 4.69) is 10.3 Å². The van der Waals surface area contributed by atoms with Crippen molar-refractivity contribution in [3.05, 3.63) is 54.1 Å². The summed E-state index contributed by atoms with van der Waals surface area (Å²) in [6, 6.07) is 8.05. The summed E-state index contributed by atoms with van der Waals surface area (Å²) in [6.07, 6.45) is 3.37. The van der Waals surface area contributed by atoms with Crippen molar-refractivity contribution in [2.24, 2.45) is 0 Å². The lowest BCUT2D eigenvalue weighted by Gasteiger charge is -2.13. The maximum atomic E-state index is 13.2. The summed E-state index contributed by atoms with van der Waals surface area (Å²) >= 11 is 1.44. The van der Waals surface area contributed by atoms with Gasteiger partial charge in [-0.15, -0.1) is 11.8 Å². The van der Waals surface area contributed by atoms with Crippen molar-refractivity contribution in [1.29, 1.82) is 0 Å². The van der Waals surface area contributed by atoms with Crippen molar-refractivity contribution in [1.82, 2.24) is 4.98 Å². The van der Waals surface area contributed by atoms with Crippen molar-refractivity contribution >= 4 is 23.4 Å². The van der Waals surface area contributed by atoms with E-state index in [0.717, 1.165) is 10.5 Å². The van der Waals surface area contributed by atoms with Crippen LogP contribution in [-0.2, 0) is 4.79 Å². The van der Waals surface area contributed by atoms with E-state index < -0.39 is 0 Å².